The summed E-state index contributed by atoms with van der Waals surface area (Å²) in [6.07, 6.45) is -4.37. The van der Waals surface area contributed by atoms with Gasteiger partial charge in [-0.15, -0.1) is 10.2 Å². The number of nitrogens with one attached hydrogen (secondary N) is 2. The number of rotatable bonds is 8. The van der Waals surface area contributed by atoms with Gasteiger partial charge in [-0.3, -0.25) is 9.36 Å². The van der Waals surface area contributed by atoms with Gasteiger partial charge in [0.1, 0.15) is 24.2 Å². The van der Waals surface area contributed by atoms with Gasteiger partial charge in [-0.05, 0) is 43.7 Å². The van der Waals surface area contributed by atoms with E-state index in [4.69, 9.17) is 4.74 Å². The zero-order valence-electron chi connectivity index (χ0n) is 17.8. The van der Waals surface area contributed by atoms with Gasteiger partial charge in [-0.1, -0.05) is 23.1 Å². The van der Waals surface area contributed by atoms with Crippen molar-refractivity contribution in [2.24, 2.45) is 0 Å². The normalized spacial score (nSPS) is 11.2. The number of alkyl halides is 3. The van der Waals surface area contributed by atoms with Crippen molar-refractivity contribution in [3.8, 4) is 17.5 Å². The third-order valence-electron chi connectivity index (χ3n) is 4.59. The van der Waals surface area contributed by atoms with Crippen molar-refractivity contribution in [3.05, 3.63) is 41.1 Å². The minimum absolute atomic E-state index is 0.0154. The predicted octanol–water partition coefficient (Wildman–Crippen LogP) is 4.53. The number of hydrogen-bond acceptors (Lipinski definition) is 8. The lowest BCUT2D eigenvalue weighted by Crippen LogP contribution is -2.21. The van der Waals surface area contributed by atoms with Crippen LogP contribution in [0.15, 0.2) is 28.6 Å². The van der Waals surface area contributed by atoms with Gasteiger partial charge in [0.25, 0.3) is 0 Å². The van der Waals surface area contributed by atoms with Gasteiger partial charge >= 0.3 is 6.18 Å². The molecule has 2 heterocycles. The van der Waals surface area contributed by atoms with E-state index < -0.39 is 18.6 Å². The smallest absolute Gasteiger partial charge is 0.405 e. The summed E-state index contributed by atoms with van der Waals surface area (Å²) in [5.41, 5.74) is 2.62. The Labute approximate surface area is 195 Å². The lowest BCUT2D eigenvalue weighted by molar-refractivity contribution is -0.115. The molecule has 1 aromatic carbocycles. The first-order chi connectivity index (χ1) is 15.6. The molecule has 0 saturated carbocycles. The van der Waals surface area contributed by atoms with Gasteiger partial charge in [0.2, 0.25) is 11.0 Å². The summed E-state index contributed by atoms with van der Waals surface area (Å²) in [6.45, 7) is 2.43. The highest BCUT2D eigenvalue weighted by molar-refractivity contribution is 8.01. The maximum atomic E-state index is 12.6. The van der Waals surface area contributed by atoms with E-state index in [1.807, 2.05) is 19.1 Å². The van der Waals surface area contributed by atoms with Crippen molar-refractivity contribution in [1.29, 1.82) is 5.26 Å². The Bertz CT molecular complexity index is 1180. The molecule has 3 rings (SSSR count). The molecule has 2 aromatic heterocycles. The number of aromatic nitrogens is 3. The molecular weight excluding hydrogens is 477 g/mol. The molecule has 1 amide bonds. The number of amides is 1. The minimum atomic E-state index is -4.37. The first kappa shape index (κ1) is 24.4. The highest BCUT2D eigenvalue weighted by Gasteiger charge is 2.27. The fourth-order valence-electron chi connectivity index (χ4n) is 2.93. The number of hydrogen-bond donors (Lipinski definition) is 2. The number of thioether (sulfide) groups is 1. The molecule has 0 fully saturated rings. The molecule has 3 aromatic rings. The third-order valence-corrected chi connectivity index (χ3v) is 6.60. The number of nitriles is 1. The van der Waals surface area contributed by atoms with Crippen molar-refractivity contribution in [3.63, 3.8) is 0 Å². The van der Waals surface area contributed by atoms with E-state index in [1.54, 1.807) is 30.7 Å². The van der Waals surface area contributed by atoms with E-state index in [1.165, 1.54) is 0 Å². The molecule has 0 bridgehead atoms. The van der Waals surface area contributed by atoms with Gasteiger partial charge in [0.05, 0.1) is 18.4 Å². The third kappa shape index (κ3) is 5.96. The van der Waals surface area contributed by atoms with Crippen molar-refractivity contribution in [2.75, 3.05) is 30.0 Å². The standard InChI is InChI=1S/C20H19F3N6O2S2/c1-11-12(2)29(13-4-6-14(31-3)7-5-13)17(15(11)8-24)26-16(30)9-32-19-28-27-18(33-19)25-10-20(21,22)23/h4-7H,9-10H2,1-3H3,(H,25,27)(H,26,30). The lowest BCUT2D eigenvalue weighted by atomic mass is 10.2. The number of ether oxygens (including phenoxy) is 1. The molecule has 2 N–H and O–H groups in total. The SMILES string of the molecule is COc1ccc(-n2c(C)c(C)c(C#N)c2NC(=O)CSc2nnc(NCC(F)(F)F)s2)cc1. The summed E-state index contributed by atoms with van der Waals surface area (Å²) in [6, 6.07) is 9.32. The Morgan fingerprint density at radius 1 is 1.27 bits per heavy atom. The van der Waals surface area contributed by atoms with Crippen LogP contribution in [0.4, 0.5) is 24.1 Å². The van der Waals surface area contributed by atoms with E-state index in [-0.39, 0.29) is 10.9 Å². The average Bonchev–Trinajstić information content (AvgIpc) is 3.33. The average molecular weight is 497 g/mol. The summed E-state index contributed by atoms with van der Waals surface area (Å²) in [5.74, 6) is 0.547. The van der Waals surface area contributed by atoms with Crippen molar-refractivity contribution in [1.82, 2.24) is 14.8 Å². The number of carbonyl (C=O) groups is 1. The van der Waals surface area contributed by atoms with Gasteiger partial charge in [0.15, 0.2) is 4.34 Å². The molecule has 8 nitrogen and oxygen atoms in total. The number of benzene rings is 1. The van der Waals surface area contributed by atoms with Crippen LogP contribution >= 0.6 is 23.1 Å². The summed E-state index contributed by atoms with van der Waals surface area (Å²) >= 11 is 1.96. The number of anilines is 2. The zero-order valence-corrected chi connectivity index (χ0v) is 19.4. The van der Waals surface area contributed by atoms with Crippen molar-refractivity contribution in [2.45, 2.75) is 24.4 Å². The fourth-order valence-corrected chi connectivity index (χ4v) is 4.47. The van der Waals surface area contributed by atoms with Gasteiger partial charge in [-0.2, -0.15) is 18.4 Å². The van der Waals surface area contributed by atoms with E-state index >= 15 is 0 Å². The van der Waals surface area contributed by atoms with Gasteiger partial charge < -0.3 is 15.4 Å². The van der Waals surface area contributed by atoms with Gasteiger partial charge in [-0.25, -0.2) is 0 Å². The largest absolute Gasteiger partial charge is 0.497 e. The van der Waals surface area contributed by atoms with Crippen molar-refractivity contribution < 1.29 is 22.7 Å². The van der Waals surface area contributed by atoms with E-state index in [9.17, 15) is 23.2 Å². The van der Waals surface area contributed by atoms with Crippen LogP contribution in [0.2, 0.25) is 0 Å². The molecule has 0 saturated heterocycles. The Hall–Kier alpha value is -3.24. The quantitative estimate of drug-likeness (QED) is 0.442. The summed E-state index contributed by atoms with van der Waals surface area (Å²) in [7, 11) is 1.56. The Balaban J connectivity index is 1.74. The maximum absolute atomic E-state index is 12.6. The molecule has 0 radical (unpaired) electrons. The van der Waals surface area contributed by atoms with Gasteiger partial charge in [0, 0.05) is 11.4 Å². The summed E-state index contributed by atoms with van der Waals surface area (Å²) < 4.78 is 44.2. The molecule has 0 atom stereocenters. The van der Waals surface area contributed by atoms with Crippen LogP contribution in [0.5, 0.6) is 5.75 Å². The second-order valence-electron chi connectivity index (χ2n) is 6.76. The molecule has 0 unspecified atom stereocenters. The van der Waals surface area contributed by atoms with Crippen LogP contribution < -0.4 is 15.4 Å². The predicted molar refractivity (Wildman–Crippen MR) is 120 cm³/mol. The fraction of sp³-hybridized carbons (Fsp3) is 0.300. The van der Waals surface area contributed by atoms with Crippen molar-refractivity contribution >= 4 is 40.0 Å². The molecule has 0 aliphatic heterocycles. The lowest BCUT2D eigenvalue weighted by Gasteiger charge is -2.13. The van der Waals surface area contributed by atoms with Crippen LogP contribution in [-0.4, -0.2) is 46.3 Å². The summed E-state index contributed by atoms with van der Waals surface area (Å²) in [5, 5.41) is 22.0. The minimum Gasteiger partial charge on any atom is -0.497 e. The molecule has 0 spiro atoms. The highest BCUT2D eigenvalue weighted by atomic mass is 32.2. The Morgan fingerprint density at radius 3 is 2.58 bits per heavy atom. The first-order valence-electron chi connectivity index (χ1n) is 9.46. The second kappa shape index (κ2) is 10.1. The topological polar surface area (TPSA) is 105 Å². The number of carbonyl (C=O) groups excluding carboxylic acids is 1. The van der Waals surface area contributed by atoms with Crippen LogP contribution in [0, 0.1) is 25.2 Å². The monoisotopic (exact) mass is 496 g/mol. The number of nitrogens with zero attached hydrogens (tertiary/aromatic N) is 4. The van der Waals surface area contributed by atoms with E-state index in [0.717, 1.165) is 40.0 Å². The zero-order chi connectivity index (χ0) is 24.2. The van der Waals surface area contributed by atoms with Crippen LogP contribution in [0.1, 0.15) is 16.8 Å². The molecule has 0 aliphatic rings. The number of halogens is 3. The molecule has 13 heteroatoms. The van der Waals surface area contributed by atoms with E-state index in [2.05, 4.69) is 26.9 Å². The summed E-state index contributed by atoms with van der Waals surface area (Å²) in [4.78, 5) is 12.6. The van der Waals surface area contributed by atoms with Crippen LogP contribution in [0.25, 0.3) is 5.69 Å². The highest BCUT2D eigenvalue weighted by Crippen LogP contribution is 2.31. The van der Waals surface area contributed by atoms with E-state index in [0.29, 0.717) is 21.5 Å². The maximum Gasteiger partial charge on any atom is 0.405 e. The molecule has 0 aliphatic carbocycles. The molecule has 33 heavy (non-hydrogen) atoms. The Morgan fingerprint density at radius 2 is 1.97 bits per heavy atom. The van der Waals surface area contributed by atoms with Crippen LogP contribution in [-0.2, 0) is 4.79 Å². The molecule has 174 valence electrons. The molecular formula is C20H19F3N6O2S2. The Kier molecular flexibility index (Phi) is 7.50. The first-order valence-corrected chi connectivity index (χ1v) is 11.3. The van der Waals surface area contributed by atoms with Crippen LogP contribution in [0.3, 0.4) is 0 Å². The second-order valence-corrected chi connectivity index (χ2v) is 8.96. The number of methoxy groups -OCH3 is 1.